The molecule has 0 saturated heterocycles. The lowest BCUT2D eigenvalue weighted by molar-refractivity contribution is 0.238. The summed E-state index contributed by atoms with van der Waals surface area (Å²) in [5, 5.41) is 6.48. The van der Waals surface area contributed by atoms with Crippen LogP contribution >= 0.6 is 0 Å². The van der Waals surface area contributed by atoms with Crippen molar-refractivity contribution in [1.82, 2.24) is 0 Å². The molecule has 4 nitrogen and oxygen atoms in total. The minimum atomic E-state index is 0.0607. The van der Waals surface area contributed by atoms with Crippen LogP contribution in [0.3, 0.4) is 0 Å². The van der Waals surface area contributed by atoms with Crippen molar-refractivity contribution in [1.29, 1.82) is 0 Å². The largest absolute Gasteiger partial charge is 0.469 e. The van der Waals surface area contributed by atoms with Gasteiger partial charge in [0.15, 0.2) is 6.23 Å². The van der Waals surface area contributed by atoms with E-state index in [1.54, 1.807) is 0 Å². The summed E-state index contributed by atoms with van der Waals surface area (Å²) >= 11 is 0. The average Bonchev–Trinajstić information content (AvgIpc) is 2.88. The zero-order valence-corrected chi connectivity index (χ0v) is 11.8. The Morgan fingerprint density at radius 2 is 2.40 bits per heavy atom. The van der Waals surface area contributed by atoms with Crippen LogP contribution in [0.1, 0.15) is 26.2 Å². The summed E-state index contributed by atoms with van der Waals surface area (Å²) in [6.07, 6.45) is 3.90. The lowest BCUT2D eigenvalue weighted by atomic mass is 10.2. The van der Waals surface area contributed by atoms with E-state index < -0.39 is 0 Å². The second-order valence-electron chi connectivity index (χ2n) is 4.93. The predicted molar refractivity (Wildman–Crippen MR) is 80.7 cm³/mol. The average molecular weight is 279 g/mol. The van der Waals surface area contributed by atoms with E-state index in [1.165, 1.54) is 0 Å². The van der Waals surface area contributed by atoms with E-state index in [1.807, 2.05) is 18.2 Å². The summed E-state index contributed by atoms with van der Waals surface area (Å²) in [5.74, 6) is 0.842. The second kappa shape index (κ2) is 7.14. The first kappa shape index (κ1) is 14.7. The zero-order valence-electron chi connectivity index (χ0n) is 11.8. The number of fused-ring (bicyclic) bond motifs is 1. The molecule has 1 unspecified atom stereocenters. The Bertz CT molecular complexity index is 476. The lowest BCUT2D eigenvalue weighted by Gasteiger charge is -2.10. The predicted octanol–water partition coefficient (Wildman–Crippen LogP) is 3.23. The van der Waals surface area contributed by atoms with Crippen LogP contribution in [-0.2, 0) is 0 Å². The Labute approximate surface area is 119 Å². The summed E-state index contributed by atoms with van der Waals surface area (Å²) in [7, 11) is 0. The lowest BCUT2D eigenvalue weighted by Crippen LogP contribution is -2.19. The Hall–Kier alpha value is -1.75. The van der Waals surface area contributed by atoms with Gasteiger partial charge in [-0.1, -0.05) is 13.3 Å². The van der Waals surface area contributed by atoms with Gasteiger partial charge in [-0.15, -0.1) is 0 Å². The van der Waals surface area contributed by atoms with Crippen molar-refractivity contribution in [2.24, 2.45) is 5.73 Å². The van der Waals surface area contributed by atoms with Crippen molar-refractivity contribution in [3.8, 4) is 5.75 Å². The second-order valence-corrected chi connectivity index (χ2v) is 4.93. The van der Waals surface area contributed by atoms with E-state index in [0.717, 1.165) is 36.4 Å². The molecule has 1 aromatic rings. The fourth-order valence-corrected chi connectivity index (χ4v) is 2.10. The molecular formula is C15H22FN3O. The molecule has 1 atom stereocenters. The number of ether oxygens (including phenoxy) is 1. The van der Waals surface area contributed by atoms with Crippen molar-refractivity contribution in [2.75, 3.05) is 23.7 Å². The third kappa shape index (κ3) is 3.63. The van der Waals surface area contributed by atoms with Gasteiger partial charge in [-0.3, -0.25) is 0 Å². The molecule has 110 valence electrons. The Balaban J connectivity index is 1.93. The molecule has 0 aliphatic carbocycles. The van der Waals surface area contributed by atoms with E-state index >= 15 is 0 Å². The number of nitrogens with two attached hydrogens (primary N) is 1. The van der Waals surface area contributed by atoms with Gasteiger partial charge in [0.25, 0.3) is 0 Å². The van der Waals surface area contributed by atoms with Crippen molar-refractivity contribution in [3.05, 3.63) is 30.1 Å². The molecular weight excluding hydrogens is 257 g/mol. The third-order valence-electron chi connectivity index (χ3n) is 3.32. The van der Waals surface area contributed by atoms with Crippen molar-refractivity contribution in [2.45, 2.75) is 32.4 Å². The minimum Gasteiger partial charge on any atom is -0.469 e. The Kier molecular flexibility index (Phi) is 5.24. The first-order valence-electron chi connectivity index (χ1n) is 7.06. The zero-order chi connectivity index (χ0) is 14.4. The van der Waals surface area contributed by atoms with Crippen molar-refractivity contribution < 1.29 is 9.13 Å². The molecule has 4 N–H and O–H groups in total. The molecule has 20 heavy (non-hydrogen) atoms. The quantitative estimate of drug-likeness (QED) is 0.717. The standard InChI is InChI=1S/C15H22FN3O/c1-2-3-4-15-19-13-6-5-12(7-14(13)20-15)18-10-11(8-16)9-17/h5-8,15,18-19H,2-4,9-10,17H2,1H3/b11-8-. The van der Waals surface area contributed by atoms with Gasteiger partial charge in [-0.05, 0) is 24.1 Å². The molecule has 0 fully saturated rings. The summed E-state index contributed by atoms with van der Waals surface area (Å²) in [5.41, 5.74) is 7.86. The first-order chi connectivity index (χ1) is 9.76. The van der Waals surface area contributed by atoms with Crippen molar-refractivity contribution in [3.63, 3.8) is 0 Å². The molecule has 0 spiro atoms. The normalized spacial score (nSPS) is 17.4. The smallest absolute Gasteiger partial charge is 0.170 e. The number of unbranched alkanes of at least 4 members (excludes halogenated alkanes) is 1. The number of anilines is 2. The maximum Gasteiger partial charge on any atom is 0.170 e. The fourth-order valence-electron chi connectivity index (χ4n) is 2.10. The molecule has 1 aliphatic rings. The van der Waals surface area contributed by atoms with Gasteiger partial charge in [0, 0.05) is 31.3 Å². The highest BCUT2D eigenvalue weighted by atomic mass is 19.1. The first-order valence-corrected chi connectivity index (χ1v) is 7.06. The summed E-state index contributed by atoms with van der Waals surface area (Å²) < 4.78 is 18.3. The van der Waals surface area contributed by atoms with Crippen LogP contribution in [0.15, 0.2) is 30.1 Å². The topological polar surface area (TPSA) is 59.3 Å². The minimum absolute atomic E-state index is 0.0607. The summed E-state index contributed by atoms with van der Waals surface area (Å²) in [6.45, 7) is 2.78. The molecule has 0 radical (unpaired) electrons. The van der Waals surface area contributed by atoms with Crippen LogP contribution < -0.4 is 21.1 Å². The summed E-state index contributed by atoms with van der Waals surface area (Å²) in [4.78, 5) is 0. The molecule has 0 aromatic heterocycles. The highest BCUT2D eigenvalue weighted by Gasteiger charge is 2.21. The van der Waals surface area contributed by atoms with Crippen molar-refractivity contribution >= 4 is 11.4 Å². The fraction of sp³-hybridized carbons (Fsp3) is 0.467. The number of hydrogen-bond donors (Lipinski definition) is 3. The third-order valence-corrected chi connectivity index (χ3v) is 3.32. The van der Waals surface area contributed by atoms with E-state index in [4.69, 9.17) is 10.5 Å². The summed E-state index contributed by atoms with van der Waals surface area (Å²) in [6, 6.07) is 5.86. The molecule has 1 aliphatic heterocycles. The molecule has 5 heteroatoms. The van der Waals surface area contributed by atoms with Gasteiger partial charge >= 0.3 is 0 Å². The molecule has 0 amide bonds. The number of hydrogen-bond acceptors (Lipinski definition) is 4. The number of benzene rings is 1. The van der Waals surface area contributed by atoms with Crippen LogP contribution in [0.5, 0.6) is 5.75 Å². The van der Waals surface area contributed by atoms with Crippen LogP contribution in [0.4, 0.5) is 15.8 Å². The monoisotopic (exact) mass is 279 g/mol. The SMILES string of the molecule is CCCCC1Nc2ccc(NC/C(=C\F)CN)cc2O1. The van der Waals surface area contributed by atoms with Gasteiger partial charge in [0.05, 0.1) is 12.0 Å². The molecule has 2 rings (SSSR count). The Morgan fingerprint density at radius 1 is 1.55 bits per heavy atom. The van der Waals surface area contributed by atoms with Crippen LogP contribution in [-0.4, -0.2) is 19.3 Å². The maximum absolute atomic E-state index is 12.4. The van der Waals surface area contributed by atoms with Gasteiger partial charge in [0.1, 0.15) is 5.75 Å². The van der Waals surface area contributed by atoms with Gasteiger partial charge in [-0.25, -0.2) is 4.39 Å². The molecule has 1 heterocycles. The van der Waals surface area contributed by atoms with E-state index in [-0.39, 0.29) is 12.8 Å². The molecule has 1 aromatic carbocycles. The van der Waals surface area contributed by atoms with Crippen LogP contribution in [0, 0.1) is 0 Å². The number of halogens is 1. The van der Waals surface area contributed by atoms with Gasteiger partial charge < -0.3 is 21.1 Å². The molecule has 0 bridgehead atoms. The highest BCUT2D eigenvalue weighted by Crippen LogP contribution is 2.35. The van der Waals surface area contributed by atoms with E-state index in [2.05, 4.69) is 17.6 Å². The molecule has 0 saturated carbocycles. The van der Waals surface area contributed by atoms with Gasteiger partial charge in [-0.2, -0.15) is 0 Å². The Morgan fingerprint density at radius 3 is 3.10 bits per heavy atom. The number of rotatable bonds is 7. The maximum atomic E-state index is 12.4. The van der Waals surface area contributed by atoms with Crippen LogP contribution in [0.25, 0.3) is 0 Å². The van der Waals surface area contributed by atoms with E-state index in [0.29, 0.717) is 18.4 Å². The highest BCUT2D eigenvalue weighted by molar-refractivity contribution is 5.66. The number of nitrogens with one attached hydrogen (secondary N) is 2. The van der Waals surface area contributed by atoms with E-state index in [9.17, 15) is 4.39 Å². The van der Waals surface area contributed by atoms with Gasteiger partial charge in [0.2, 0.25) is 0 Å². The van der Waals surface area contributed by atoms with Crippen LogP contribution in [0.2, 0.25) is 0 Å².